The van der Waals surface area contributed by atoms with Crippen molar-refractivity contribution < 1.29 is 9.90 Å². The minimum absolute atomic E-state index is 0.0110. The van der Waals surface area contributed by atoms with Crippen molar-refractivity contribution in [3.05, 3.63) is 119 Å². The molecule has 6 nitrogen and oxygen atoms in total. The Hall–Kier alpha value is -3.45. The van der Waals surface area contributed by atoms with Crippen molar-refractivity contribution in [3.63, 3.8) is 0 Å². The lowest BCUT2D eigenvalue weighted by molar-refractivity contribution is 0.0696. The quantitative estimate of drug-likeness (QED) is 0.119. The second-order valence-corrected chi connectivity index (χ2v) is 10.7. The first-order valence-corrected chi connectivity index (χ1v) is 15.0. The number of nitrogens with two attached hydrogens (primary N) is 1. The van der Waals surface area contributed by atoms with Gasteiger partial charge in [-0.3, -0.25) is 0 Å². The molecule has 41 heavy (non-hydrogen) atoms. The fourth-order valence-electron chi connectivity index (χ4n) is 5.32. The molecule has 0 spiro atoms. The molecule has 220 valence electrons. The van der Waals surface area contributed by atoms with Gasteiger partial charge in [0.15, 0.2) is 0 Å². The SMILES string of the molecule is CCN/C(=C\C(N)Cc1ccccc1)C(CC)CCNCCC(NC(C)c1cccc(C(=O)O)c1)c1ccccc1. The molecule has 0 aliphatic rings. The molecule has 3 aromatic rings. The van der Waals surface area contributed by atoms with E-state index in [0.29, 0.717) is 11.5 Å². The monoisotopic (exact) mass is 556 g/mol. The molecule has 0 aromatic heterocycles. The molecule has 3 rings (SSSR count). The summed E-state index contributed by atoms with van der Waals surface area (Å²) in [6.45, 7) is 9.15. The maximum absolute atomic E-state index is 11.5. The third-order valence-corrected chi connectivity index (χ3v) is 7.59. The van der Waals surface area contributed by atoms with Gasteiger partial charge in [-0.05, 0) is 93.4 Å². The summed E-state index contributed by atoms with van der Waals surface area (Å²) in [6.07, 6.45) is 6.06. The van der Waals surface area contributed by atoms with Crippen molar-refractivity contribution in [2.75, 3.05) is 19.6 Å². The van der Waals surface area contributed by atoms with Gasteiger partial charge in [-0.15, -0.1) is 0 Å². The van der Waals surface area contributed by atoms with E-state index in [-0.39, 0.29) is 18.1 Å². The lowest BCUT2D eigenvalue weighted by Gasteiger charge is -2.25. The molecule has 0 aliphatic carbocycles. The molecular weight excluding hydrogens is 508 g/mol. The minimum atomic E-state index is -0.904. The summed E-state index contributed by atoms with van der Waals surface area (Å²) in [5, 5.41) is 20.4. The highest BCUT2D eigenvalue weighted by Gasteiger charge is 2.17. The van der Waals surface area contributed by atoms with Crippen molar-refractivity contribution in [2.24, 2.45) is 11.7 Å². The van der Waals surface area contributed by atoms with Gasteiger partial charge in [-0.25, -0.2) is 4.79 Å². The van der Waals surface area contributed by atoms with Crippen molar-refractivity contribution in [2.45, 2.75) is 64.6 Å². The zero-order valence-corrected chi connectivity index (χ0v) is 24.9. The van der Waals surface area contributed by atoms with E-state index in [1.165, 1.54) is 16.8 Å². The smallest absolute Gasteiger partial charge is 0.335 e. The Bertz CT molecular complexity index is 1200. The molecule has 0 amide bonds. The van der Waals surface area contributed by atoms with Gasteiger partial charge in [-0.2, -0.15) is 0 Å². The predicted octanol–water partition coefficient (Wildman–Crippen LogP) is 6.24. The van der Waals surface area contributed by atoms with E-state index in [1.807, 2.05) is 24.3 Å². The molecule has 6 N–H and O–H groups in total. The van der Waals surface area contributed by atoms with Gasteiger partial charge in [0.25, 0.3) is 0 Å². The third kappa shape index (κ3) is 10.8. The maximum Gasteiger partial charge on any atom is 0.335 e. The molecule has 4 atom stereocenters. The largest absolute Gasteiger partial charge is 0.478 e. The second kappa shape index (κ2) is 17.4. The molecule has 6 heteroatoms. The van der Waals surface area contributed by atoms with Gasteiger partial charge < -0.3 is 26.8 Å². The summed E-state index contributed by atoms with van der Waals surface area (Å²) in [6, 6.07) is 28.2. The zero-order chi connectivity index (χ0) is 29.5. The number of hydrogen-bond acceptors (Lipinski definition) is 5. The van der Waals surface area contributed by atoms with Crippen LogP contribution in [0.3, 0.4) is 0 Å². The minimum Gasteiger partial charge on any atom is -0.478 e. The number of nitrogens with one attached hydrogen (secondary N) is 3. The molecule has 0 saturated heterocycles. The van der Waals surface area contributed by atoms with Crippen LogP contribution >= 0.6 is 0 Å². The van der Waals surface area contributed by atoms with Gasteiger partial charge in [0, 0.05) is 30.4 Å². The van der Waals surface area contributed by atoms with Gasteiger partial charge in [0.05, 0.1) is 5.56 Å². The Morgan fingerprint density at radius 1 is 0.902 bits per heavy atom. The Kier molecular flexibility index (Phi) is 13.6. The van der Waals surface area contributed by atoms with E-state index < -0.39 is 5.97 Å². The number of hydrogen-bond donors (Lipinski definition) is 5. The van der Waals surface area contributed by atoms with E-state index >= 15 is 0 Å². The van der Waals surface area contributed by atoms with E-state index in [4.69, 9.17) is 5.73 Å². The maximum atomic E-state index is 11.5. The van der Waals surface area contributed by atoms with E-state index in [0.717, 1.165) is 50.9 Å². The second-order valence-electron chi connectivity index (χ2n) is 10.7. The van der Waals surface area contributed by atoms with Crippen LogP contribution in [0.15, 0.2) is 96.7 Å². The number of allylic oxidation sites excluding steroid dienone is 1. The van der Waals surface area contributed by atoms with Crippen LogP contribution in [0.1, 0.15) is 79.2 Å². The fraction of sp³-hybridized carbons (Fsp3) is 0.400. The molecule has 3 aromatic carbocycles. The Labute approximate surface area is 246 Å². The summed E-state index contributed by atoms with van der Waals surface area (Å²) in [5.74, 6) is -0.479. The molecule has 0 saturated carbocycles. The highest BCUT2D eigenvalue weighted by molar-refractivity contribution is 5.87. The lowest BCUT2D eigenvalue weighted by Crippen LogP contribution is -2.30. The number of aromatic carboxylic acids is 1. The summed E-state index contributed by atoms with van der Waals surface area (Å²) < 4.78 is 0. The molecule has 0 heterocycles. The van der Waals surface area contributed by atoms with Crippen LogP contribution in [0, 0.1) is 5.92 Å². The van der Waals surface area contributed by atoms with Crippen LogP contribution in [-0.2, 0) is 6.42 Å². The van der Waals surface area contributed by atoms with Crippen LogP contribution in [0.4, 0.5) is 0 Å². The molecule has 0 aliphatic heterocycles. The molecular formula is C35H48N4O2. The van der Waals surface area contributed by atoms with Crippen LogP contribution in [0.5, 0.6) is 0 Å². The topological polar surface area (TPSA) is 99.4 Å². The van der Waals surface area contributed by atoms with Crippen LogP contribution in [-0.4, -0.2) is 36.8 Å². The number of carboxylic acids is 1. The number of benzene rings is 3. The molecule has 4 unspecified atom stereocenters. The van der Waals surface area contributed by atoms with Gasteiger partial charge in [0.1, 0.15) is 0 Å². The first-order chi connectivity index (χ1) is 19.9. The number of rotatable bonds is 18. The van der Waals surface area contributed by atoms with E-state index in [9.17, 15) is 9.90 Å². The van der Waals surface area contributed by atoms with Crippen LogP contribution in [0.2, 0.25) is 0 Å². The van der Waals surface area contributed by atoms with Crippen molar-refractivity contribution in [1.82, 2.24) is 16.0 Å². The first-order valence-electron chi connectivity index (χ1n) is 15.0. The molecule has 0 radical (unpaired) electrons. The summed E-state index contributed by atoms with van der Waals surface area (Å²) in [4.78, 5) is 11.5. The normalized spacial score (nSPS) is 14.7. The third-order valence-electron chi connectivity index (χ3n) is 7.59. The summed E-state index contributed by atoms with van der Waals surface area (Å²) >= 11 is 0. The average Bonchev–Trinajstić information content (AvgIpc) is 2.99. The lowest BCUT2D eigenvalue weighted by atomic mass is 9.95. The van der Waals surface area contributed by atoms with Crippen molar-refractivity contribution in [3.8, 4) is 0 Å². The number of carbonyl (C=O) groups is 1. The molecule has 0 fully saturated rings. The Morgan fingerprint density at radius 3 is 2.22 bits per heavy atom. The Morgan fingerprint density at radius 2 is 1.56 bits per heavy atom. The summed E-state index contributed by atoms with van der Waals surface area (Å²) in [7, 11) is 0. The average molecular weight is 557 g/mol. The van der Waals surface area contributed by atoms with Crippen LogP contribution < -0.4 is 21.7 Å². The van der Waals surface area contributed by atoms with Gasteiger partial charge in [-0.1, -0.05) is 79.7 Å². The summed E-state index contributed by atoms with van der Waals surface area (Å²) in [5.41, 5.74) is 11.5. The first kappa shape index (κ1) is 32.1. The number of carboxylic acid groups (broad SMARTS) is 1. The zero-order valence-electron chi connectivity index (χ0n) is 24.9. The van der Waals surface area contributed by atoms with Crippen LogP contribution in [0.25, 0.3) is 0 Å². The van der Waals surface area contributed by atoms with Crippen molar-refractivity contribution >= 4 is 5.97 Å². The van der Waals surface area contributed by atoms with E-state index in [1.54, 1.807) is 12.1 Å². The highest BCUT2D eigenvalue weighted by atomic mass is 16.4. The van der Waals surface area contributed by atoms with Gasteiger partial charge in [0.2, 0.25) is 0 Å². The molecule has 0 bridgehead atoms. The standard InChI is InChI=1S/C35H48N4O2/c1-4-28(34(38-5-2)25-32(36)23-27-13-8-6-9-14-27)19-21-37-22-20-33(29-15-10-7-11-16-29)39-26(3)30-17-12-18-31(24-30)35(40)41/h6-18,24-26,28,32-33,37-39H,4-5,19-23,36H2,1-3H3,(H,40,41)/b34-25-. The Balaban J connectivity index is 1.56. The fourth-order valence-corrected chi connectivity index (χ4v) is 5.32. The van der Waals surface area contributed by atoms with E-state index in [2.05, 4.69) is 91.3 Å². The predicted molar refractivity (Wildman–Crippen MR) is 170 cm³/mol. The highest BCUT2D eigenvalue weighted by Crippen LogP contribution is 2.23. The van der Waals surface area contributed by atoms with Gasteiger partial charge >= 0.3 is 5.97 Å². The van der Waals surface area contributed by atoms with Crippen molar-refractivity contribution in [1.29, 1.82) is 0 Å².